The van der Waals surface area contributed by atoms with Gasteiger partial charge in [0, 0.05) is 16.8 Å². The molecule has 0 saturated heterocycles. The molecule has 3 rings (SSSR count). The quantitative estimate of drug-likeness (QED) is 0.735. The summed E-state index contributed by atoms with van der Waals surface area (Å²) in [5.41, 5.74) is 10.7. The van der Waals surface area contributed by atoms with Crippen LogP contribution in [0, 0.1) is 12.7 Å². The van der Waals surface area contributed by atoms with Crippen LogP contribution in [-0.2, 0) is 12.8 Å². The third-order valence-corrected chi connectivity index (χ3v) is 3.32. The predicted molar refractivity (Wildman–Crippen MR) is 62.9 cm³/mol. The Morgan fingerprint density at radius 1 is 1.31 bits per heavy atom. The summed E-state index contributed by atoms with van der Waals surface area (Å²) in [5.74, 6) is -0.239. The van der Waals surface area contributed by atoms with Crippen molar-refractivity contribution in [3.63, 3.8) is 0 Å². The molecule has 3 heteroatoms. The summed E-state index contributed by atoms with van der Waals surface area (Å²) >= 11 is 0. The Kier molecular flexibility index (Phi) is 1.90. The number of pyridine rings is 1. The van der Waals surface area contributed by atoms with Crippen molar-refractivity contribution in [2.24, 2.45) is 0 Å². The van der Waals surface area contributed by atoms with Gasteiger partial charge in [-0.2, -0.15) is 0 Å². The van der Waals surface area contributed by atoms with Gasteiger partial charge in [0.05, 0.1) is 5.52 Å². The first-order valence-corrected chi connectivity index (χ1v) is 5.54. The first-order valence-electron chi connectivity index (χ1n) is 5.54. The molecule has 0 unspecified atom stereocenters. The minimum Gasteiger partial charge on any atom is -0.398 e. The molecule has 0 aliphatic heterocycles. The highest BCUT2D eigenvalue weighted by atomic mass is 19.1. The number of nitrogen functional groups attached to an aromatic ring is 1. The fraction of sp³-hybridized carbons (Fsp3) is 0.308. The second-order valence-electron chi connectivity index (χ2n) is 4.42. The molecule has 2 N–H and O–H groups in total. The number of rotatable bonds is 0. The third kappa shape index (κ3) is 1.21. The van der Waals surface area contributed by atoms with Gasteiger partial charge in [0.2, 0.25) is 0 Å². The van der Waals surface area contributed by atoms with E-state index in [2.05, 4.69) is 4.98 Å². The Morgan fingerprint density at radius 2 is 2.12 bits per heavy atom. The highest BCUT2D eigenvalue weighted by molar-refractivity contribution is 5.94. The van der Waals surface area contributed by atoms with Crippen LogP contribution >= 0.6 is 0 Å². The fourth-order valence-electron chi connectivity index (χ4n) is 2.53. The molecule has 16 heavy (non-hydrogen) atoms. The fourth-order valence-corrected chi connectivity index (χ4v) is 2.53. The zero-order valence-electron chi connectivity index (χ0n) is 9.18. The van der Waals surface area contributed by atoms with Crippen molar-refractivity contribution in [3.8, 4) is 0 Å². The number of aromatic nitrogens is 1. The maximum Gasteiger partial charge on any atom is 0.124 e. The topological polar surface area (TPSA) is 38.9 Å². The van der Waals surface area contributed by atoms with E-state index in [1.165, 1.54) is 12.1 Å². The average Bonchev–Trinajstić information content (AvgIpc) is 2.68. The zero-order chi connectivity index (χ0) is 11.3. The van der Waals surface area contributed by atoms with Crippen LogP contribution in [0.25, 0.3) is 10.9 Å². The number of fused-ring (bicyclic) bond motifs is 2. The van der Waals surface area contributed by atoms with Crippen molar-refractivity contribution < 1.29 is 4.39 Å². The van der Waals surface area contributed by atoms with Crippen molar-refractivity contribution in [3.05, 3.63) is 34.8 Å². The molecule has 1 aromatic carbocycles. The second kappa shape index (κ2) is 3.17. The molecule has 0 spiro atoms. The van der Waals surface area contributed by atoms with E-state index in [0.29, 0.717) is 0 Å². The minimum atomic E-state index is -0.239. The number of aryl methyl sites for hydroxylation is 2. The smallest absolute Gasteiger partial charge is 0.124 e. The first kappa shape index (κ1) is 9.58. The molecule has 1 aliphatic rings. The highest BCUT2D eigenvalue weighted by Crippen LogP contribution is 2.33. The number of hydrogen-bond acceptors (Lipinski definition) is 2. The summed E-state index contributed by atoms with van der Waals surface area (Å²) in [6.45, 7) is 1.87. The van der Waals surface area contributed by atoms with Crippen molar-refractivity contribution >= 4 is 16.6 Å². The molecule has 1 heterocycles. The maximum atomic E-state index is 13.3. The molecular formula is C13H13FN2. The van der Waals surface area contributed by atoms with E-state index in [1.807, 2.05) is 6.92 Å². The minimum absolute atomic E-state index is 0.239. The molecule has 0 radical (unpaired) electrons. The van der Waals surface area contributed by atoms with Crippen LogP contribution in [0.5, 0.6) is 0 Å². The number of halogens is 1. The molecular weight excluding hydrogens is 203 g/mol. The standard InChI is InChI=1S/C13H13FN2/c1-7-5-8(14)6-10-12(15)9-3-2-4-11(9)16-13(7)10/h5-6H,2-4H2,1H3,(H2,15,16). The van der Waals surface area contributed by atoms with Gasteiger partial charge in [-0.3, -0.25) is 4.98 Å². The predicted octanol–water partition coefficient (Wildman–Crippen LogP) is 2.75. The molecule has 1 aliphatic carbocycles. The molecule has 0 amide bonds. The zero-order valence-corrected chi connectivity index (χ0v) is 9.18. The summed E-state index contributed by atoms with van der Waals surface area (Å²) in [7, 11) is 0. The summed E-state index contributed by atoms with van der Waals surface area (Å²) in [4.78, 5) is 4.61. The van der Waals surface area contributed by atoms with Crippen LogP contribution < -0.4 is 5.73 Å². The molecule has 0 fully saturated rings. The summed E-state index contributed by atoms with van der Waals surface area (Å²) in [6, 6.07) is 3.00. The normalized spacial score (nSPS) is 14.4. The van der Waals surface area contributed by atoms with Crippen LogP contribution in [0.1, 0.15) is 23.2 Å². The van der Waals surface area contributed by atoms with Crippen LogP contribution in [0.15, 0.2) is 12.1 Å². The average molecular weight is 216 g/mol. The van der Waals surface area contributed by atoms with Gasteiger partial charge in [0.25, 0.3) is 0 Å². The van der Waals surface area contributed by atoms with Gasteiger partial charge in [-0.05, 0) is 49.4 Å². The lowest BCUT2D eigenvalue weighted by Gasteiger charge is -2.10. The Morgan fingerprint density at radius 3 is 2.94 bits per heavy atom. The van der Waals surface area contributed by atoms with Gasteiger partial charge in [0.15, 0.2) is 0 Å². The monoisotopic (exact) mass is 216 g/mol. The molecule has 0 saturated carbocycles. The van der Waals surface area contributed by atoms with Crippen LogP contribution in [0.2, 0.25) is 0 Å². The number of anilines is 1. The van der Waals surface area contributed by atoms with E-state index in [4.69, 9.17) is 5.73 Å². The molecule has 2 nitrogen and oxygen atoms in total. The Balaban J connectivity index is 2.46. The molecule has 2 aromatic rings. The summed E-state index contributed by atoms with van der Waals surface area (Å²) in [5, 5.41) is 0.762. The SMILES string of the molecule is Cc1cc(F)cc2c(N)c3c(nc12)CCC3. The Hall–Kier alpha value is -1.64. The van der Waals surface area contributed by atoms with Gasteiger partial charge >= 0.3 is 0 Å². The third-order valence-electron chi connectivity index (χ3n) is 3.32. The molecule has 0 atom stereocenters. The van der Waals surface area contributed by atoms with E-state index < -0.39 is 0 Å². The van der Waals surface area contributed by atoms with Gasteiger partial charge in [-0.15, -0.1) is 0 Å². The van der Waals surface area contributed by atoms with Crippen molar-refractivity contribution in [2.75, 3.05) is 5.73 Å². The number of benzene rings is 1. The Bertz CT molecular complexity index is 590. The van der Waals surface area contributed by atoms with Gasteiger partial charge in [-0.1, -0.05) is 0 Å². The van der Waals surface area contributed by atoms with Crippen LogP contribution in [0.3, 0.4) is 0 Å². The number of nitrogens with zero attached hydrogens (tertiary/aromatic N) is 1. The molecule has 1 aromatic heterocycles. The van der Waals surface area contributed by atoms with Crippen LogP contribution in [-0.4, -0.2) is 4.98 Å². The number of hydrogen-bond donors (Lipinski definition) is 1. The highest BCUT2D eigenvalue weighted by Gasteiger charge is 2.18. The van der Waals surface area contributed by atoms with Gasteiger partial charge < -0.3 is 5.73 Å². The van der Waals surface area contributed by atoms with Crippen molar-refractivity contribution in [1.82, 2.24) is 4.98 Å². The van der Waals surface area contributed by atoms with Crippen molar-refractivity contribution in [2.45, 2.75) is 26.2 Å². The van der Waals surface area contributed by atoms with E-state index >= 15 is 0 Å². The Labute approximate surface area is 93.3 Å². The van der Waals surface area contributed by atoms with Crippen molar-refractivity contribution in [1.29, 1.82) is 0 Å². The second-order valence-corrected chi connectivity index (χ2v) is 4.42. The van der Waals surface area contributed by atoms with Gasteiger partial charge in [-0.25, -0.2) is 4.39 Å². The van der Waals surface area contributed by atoms with E-state index in [9.17, 15) is 4.39 Å². The van der Waals surface area contributed by atoms with Gasteiger partial charge in [0.1, 0.15) is 5.82 Å². The lowest BCUT2D eigenvalue weighted by molar-refractivity contribution is 0.628. The van der Waals surface area contributed by atoms with E-state index in [-0.39, 0.29) is 5.82 Å². The maximum absolute atomic E-state index is 13.3. The summed E-state index contributed by atoms with van der Waals surface area (Å²) in [6.07, 6.45) is 3.07. The van der Waals surface area contributed by atoms with E-state index in [0.717, 1.165) is 52.7 Å². The lowest BCUT2D eigenvalue weighted by atomic mass is 10.0. The lowest BCUT2D eigenvalue weighted by Crippen LogP contribution is -2.00. The summed E-state index contributed by atoms with van der Waals surface area (Å²) < 4.78 is 13.3. The van der Waals surface area contributed by atoms with E-state index in [1.54, 1.807) is 0 Å². The largest absolute Gasteiger partial charge is 0.398 e. The molecule has 0 bridgehead atoms. The van der Waals surface area contributed by atoms with Crippen LogP contribution in [0.4, 0.5) is 10.1 Å². The first-order chi connectivity index (χ1) is 7.66. The molecule has 82 valence electrons. The number of nitrogens with two attached hydrogens (primary N) is 1.